The maximum absolute atomic E-state index is 4.82. The number of halogens is 2. The van der Waals surface area contributed by atoms with Crippen LogP contribution in [0.2, 0.25) is 0 Å². The molecule has 0 saturated carbocycles. The van der Waals surface area contributed by atoms with Crippen molar-refractivity contribution in [1.29, 1.82) is 0 Å². The van der Waals surface area contributed by atoms with E-state index < -0.39 is 0 Å². The smallest absolute Gasteiger partial charge is 0.144 e. The second kappa shape index (κ2) is 11.4. The van der Waals surface area contributed by atoms with Gasteiger partial charge in [0.1, 0.15) is 5.82 Å². The summed E-state index contributed by atoms with van der Waals surface area (Å²) in [6.07, 6.45) is 9.95. The van der Waals surface area contributed by atoms with Gasteiger partial charge in [-0.15, -0.1) is 0 Å². The standard InChI is InChI=1S/C25H30I2N2/c1-4-7-16-27-23-15-10-14-21(22(26)11-5-2)24(23)29-18-17-28-25(29)20-13-9-8-12-19(20)6-3/h8-10,12-18,22H,4-7,11H2,1-3H3. The molecule has 1 unspecified atom stereocenters. The van der Waals surface area contributed by atoms with Crippen LogP contribution in [0.5, 0.6) is 0 Å². The highest BCUT2D eigenvalue weighted by Crippen LogP contribution is 2.38. The van der Waals surface area contributed by atoms with Crippen molar-refractivity contribution in [1.82, 2.24) is 9.55 Å². The lowest BCUT2D eigenvalue weighted by molar-refractivity contribution is 0.792. The molecule has 1 aromatic heterocycles. The second-order valence-electron chi connectivity index (χ2n) is 7.12. The van der Waals surface area contributed by atoms with Gasteiger partial charge < -0.3 is 0 Å². The van der Waals surface area contributed by atoms with Crippen molar-refractivity contribution in [2.45, 2.75) is 56.8 Å². The normalized spacial score (nSPS) is 12.8. The molecule has 1 atom stereocenters. The highest BCUT2D eigenvalue weighted by Gasteiger charge is 2.19. The minimum absolute atomic E-state index is 0.132. The van der Waals surface area contributed by atoms with Crippen LogP contribution in [0.3, 0.4) is 0 Å². The van der Waals surface area contributed by atoms with Crippen LogP contribution in [0.15, 0.2) is 54.9 Å². The van der Waals surface area contributed by atoms with Crippen molar-refractivity contribution in [2.75, 3.05) is 0 Å². The van der Waals surface area contributed by atoms with Crippen LogP contribution < -0.4 is 0 Å². The summed E-state index contributed by atoms with van der Waals surface area (Å²) in [6.45, 7) is 6.76. The number of hydrogen-bond donors (Lipinski definition) is 0. The van der Waals surface area contributed by atoms with Crippen LogP contribution in [-0.4, -0.2) is 13.6 Å². The number of aryl methyl sites for hydroxylation is 1. The molecule has 0 N–H and O–H groups in total. The van der Waals surface area contributed by atoms with Gasteiger partial charge in [-0.05, 0) is 36.5 Å². The molecule has 1 heterocycles. The summed E-state index contributed by atoms with van der Waals surface area (Å²) in [6, 6.07) is 15.6. The number of benzene rings is 2. The van der Waals surface area contributed by atoms with Crippen molar-refractivity contribution in [3.63, 3.8) is 0 Å². The third-order valence-corrected chi connectivity index (χ3v) is 8.91. The molecule has 0 aliphatic rings. The Kier molecular flexibility index (Phi) is 8.90. The van der Waals surface area contributed by atoms with E-state index in [1.165, 1.54) is 51.6 Å². The van der Waals surface area contributed by atoms with E-state index in [0.29, 0.717) is 3.92 Å². The fraction of sp³-hybridized carbons (Fsp3) is 0.360. The zero-order valence-electron chi connectivity index (χ0n) is 17.5. The molecule has 0 saturated heterocycles. The average molecular weight is 612 g/mol. The number of nitrogens with zero attached hydrogens (tertiary/aromatic N) is 2. The zero-order valence-corrected chi connectivity index (χ0v) is 21.9. The molecule has 29 heavy (non-hydrogen) atoms. The SMILES string of the molecule is CCCC=Ic1cccc(C(I)CCC)c1-n1ccnc1-c1ccccc1CC. The molecule has 4 heteroatoms. The zero-order chi connectivity index (χ0) is 20.6. The summed E-state index contributed by atoms with van der Waals surface area (Å²) in [5, 5.41) is 0. The quantitative estimate of drug-likeness (QED) is 0.176. The third-order valence-electron chi connectivity index (χ3n) is 5.01. The van der Waals surface area contributed by atoms with Gasteiger partial charge in [-0.1, -0.05) is 117 Å². The van der Waals surface area contributed by atoms with Gasteiger partial charge in [0.25, 0.3) is 0 Å². The van der Waals surface area contributed by atoms with Gasteiger partial charge in [0.05, 0.1) is 5.69 Å². The number of aromatic nitrogens is 2. The first-order chi connectivity index (χ1) is 14.2. The predicted molar refractivity (Wildman–Crippen MR) is 144 cm³/mol. The molecule has 0 radical (unpaired) electrons. The lowest BCUT2D eigenvalue weighted by Crippen LogP contribution is -2.06. The Labute approximate surface area is 199 Å². The molecule has 2 aromatic carbocycles. The first-order valence-electron chi connectivity index (χ1n) is 10.5. The van der Waals surface area contributed by atoms with Crippen molar-refractivity contribution in [3.8, 4) is 17.1 Å². The summed E-state index contributed by atoms with van der Waals surface area (Å²) in [5.74, 6) is 1.07. The Balaban J connectivity index is 2.21. The van der Waals surface area contributed by atoms with Gasteiger partial charge in [-0.2, -0.15) is 0 Å². The maximum Gasteiger partial charge on any atom is 0.144 e. The Bertz CT molecular complexity index is 959. The van der Waals surface area contributed by atoms with E-state index in [0.717, 1.165) is 12.2 Å². The molecule has 3 rings (SSSR count). The van der Waals surface area contributed by atoms with E-state index in [-0.39, 0.29) is 20.7 Å². The van der Waals surface area contributed by atoms with E-state index in [9.17, 15) is 0 Å². The number of imidazole rings is 1. The average Bonchev–Trinajstić information content (AvgIpc) is 3.23. The molecule has 2 nitrogen and oxygen atoms in total. The molecule has 0 amide bonds. The number of unbranched alkanes of at least 4 members (excludes halogenated alkanes) is 1. The van der Waals surface area contributed by atoms with E-state index >= 15 is 0 Å². The second-order valence-corrected chi connectivity index (χ2v) is 11.3. The van der Waals surface area contributed by atoms with E-state index in [2.05, 4.69) is 101 Å². The molecule has 0 spiro atoms. The van der Waals surface area contributed by atoms with Crippen molar-refractivity contribution in [2.24, 2.45) is 0 Å². The highest BCUT2D eigenvalue weighted by molar-refractivity contribution is 14.2. The fourth-order valence-corrected chi connectivity index (χ4v) is 7.33. The first-order valence-corrected chi connectivity index (χ1v) is 14.1. The van der Waals surface area contributed by atoms with Crippen molar-refractivity contribution >= 4 is 47.3 Å². The highest BCUT2D eigenvalue weighted by atomic mass is 127. The van der Waals surface area contributed by atoms with Crippen LogP contribution in [-0.2, 0) is 6.42 Å². The summed E-state index contributed by atoms with van der Waals surface area (Å²) in [4.78, 5) is 4.82. The minimum atomic E-state index is -0.132. The van der Waals surface area contributed by atoms with Crippen LogP contribution in [0.25, 0.3) is 17.1 Å². The fourth-order valence-electron chi connectivity index (χ4n) is 3.51. The van der Waals surface area contributed by atoms with Crippen LogP contribution >= 0.6 is 43.3 Å². The number of rotatable bonds is 9. The summed E-state index contributed by atoms with van der Waals surface area (Å²) in [5.41, 5.74) is 5.42. The molecular formula is C25H30I2N2. The van der Waals surface area contributed by atoms with Gasteiger partial charge >= 0.3 is 0 Å². The number of para-hydroxylation sites is 1. The van der Waals surface area contributed by atoms with E-state index in [4.69, 9.17) is 4.98 Å². The molecule has 0 aliphatic carbocycles. The van der Waals surface area contributed by atoms with Crippen LogP contribution in [0, 0.1) is 3.57 Å². The Hall–Kier alpha value is -1.02. The van der Waals surface area contributed by atoms with E-state index in [1.54, 1.807) is 0 Å². The van der Waals surface area contributed by atoms with Crippen molar-refractivity contribution in [3.05, 3.63) is 69.6 Å². The monoisotopic (exact) mass is 612 g/mol. The predicted octanol–water partition coefficient (Wildman–Crippen LogP) is 8.12. The molecular weight excluding hydrogens is 582 g/mol. The Morgan fingerprint density at radius 3 is 2.66 bits per heavy atom. The van der Waals surface area contributed by atoms with Gasteiger partial charge in [0, 0.05) is 25.5 Å². The van der Waals surface area contributed by atoms with E-state index in [1.807, 2.05) is 6.20 Å². The summed E-state index contributed by atoms with van der Waals surface area (Å²) < 4.78 is 6.90. The van der Waals surface area contributed by atoms with Gasteiger partial charge in [-0.25, -0.2) is 4.98 Å². The third kappa shape index (κ3) is 5.37. The molecule has 0 fully saturated rings. The largest absolute Gasteiger partial charge is 0.298 e. The maximum atomic E-state index is 4.82. The topological polar surface area (TPSA) is 17.8 Å². The first kappa shape index (κ1) is 22.7. The minimum Gasteiger partial charge on any atom is -0.298 e. The summed E-state index contributed by atoms with van der Waals surface area (Å²) in [7, 11) is 0. The van der Waals surface area contributed by atoms with Crippen molar-refractivity contribution < 1.29 is 0 Å². The Morgan fingerprint density at radius 1 is 1.07 bits per heavy atom. The van der Waals surface area contributed by atoms with Gasteiger partial charge in [0.15, 0.2) is 0 Å². The number of alkyl halides is 1. The van der Waals surface area contributed by atoms with Gasteiger partial charge in [0.2, 0.25) is 0 Å². The molecule has 0 bridgehead atoms. The molecule has 0 aliphatic heterocycles. The van der Waals surface area contributed by atoms with Gasteiger partial charge in [-0.3, -0.25) is 4.57 Å². The molecule has 3 aromatic rings. The van der Waals surface area contributed by atoms with Crippen LogP contribution in [0.4, 0.5) is 0 Å². The molecule has 154 valence electrons. The summed E-state index contributed by atoms with van der Waals surface area (Å²) >= 11 is 2.50. The van der Waals surface area contributed by atoms with Crippen LogP contribution in [0.1, 0.15) is 61.5 Å². The Morgan fingerprint density at radius 2 is 1.90 bits per heavy atom. The lowest BCUT2D eigenvalue weighted by Gasteiger charge is -2.20. The lowest BCUT2D eigenvalue weighted by atomic mass is 10.0. The number of hydrogen-bond acceptors (Lipinski definition) is 1.